The summed E-state index contributed by atoms with van der Waals surface area (Å²) < 4.78 is 34.3. The van der Waals surface area contributed by atoms with E-state index < -0.39 is 37.5 Å². The van der Waals surface area contributed by atoms with Crippen LogP contribution in [0.1, 0.15) is 12.6 Å². The maximum atomic E-state index is 11.9. The zero-order valence-corrected chi connectivity index (χ0v) is 13.9. The molecule has 3 rings (SSSR count). The van der Waals surface area contributed by atoms with E-state index in [4.69, 9.17) is 18.3 Å². The van der Waals surface area contributed by atoms with E-state index in [-0.39, 0.29) is 6.61 Å². The lowest BCUT2D eigenvalue weighted by molar-refractivity contribution is -0.0702. The van der Waals surface area contributed by atoms with Gasteiger partial charge in [-0.3, -0.25) is 27.9 Å². The zero-order chi connectivity index (χ0) is 15.2. The Morgan fingerprint density at radius 2 is 2.24 bits per heavy atom. The molecule has 4 atom stereocenters. The van der Waals surface area contributed by atoms with Gasteiger partial charge >= 0.3 is 13.5 Å². The number of nitrogens with one attached hydrogen (secondary N) is 1. The predicted molar refractivity (Wildman–Crippen MR) is 78.0 cm³/mol. The highest BCUT2D eigenvalue weighted by molar-refractivity contribution is 14.1. The van der Waals surface area contributed by atoms with E-state index in [0.29, 0.717) is 9.99 Å². The molecule has 1 aromatic rings. The number of hydrogen-bond donors (Lipinski definition) is 1. The molecule has 0 aliphatic carbocycles. The third-order valence-corrected chi connectivity index (χ3v) is 5.51. The van der Waals surface area contributed by atoms with Crippen molar-refractivity contribution in [3.8, 4) is 0 Å². The van der Waals surface area contributed by atoms with Crippen LogP contribution in [0.2, 0.25) is 0 Å². The van der Waals surface area contributed by atoms with Crippen molar-refractivity contribution in [2.45, 2.75) is 24.9 Å². The lowest BCUT2D eigenvalue weighted by Gasteiger charge is -2.28. The van der Waals surface area contributed by atoms with Gasteiger partial charge in [-0.05, 0) is 22.6 Å². The van der Waals surface area contributed by atoms with Crippen LogP contribution in [0.5, 0.6) is 0 Å². The van der Waals surface area contributed by atoms with Gasteiger partial charge in [0.1, 0.15) is 18.4 Å². The monoisotopic (exact) mass is 430 g/mol. The minimum Gasteiger partial charge on any atom is -0.349 e. The predicted octanol–water partition coefficient (Wildman–Crippen LogP) is 0.599. The molecule has 0 radical (unpaired) electrons. The van der Waals surface area contributed by atoms with Gasteiger partial charge < -0.3 is 4.74 Å². The van der Waals surface area contributed by atoms with Gasteiger partial charge in [0, 0.05) is 19.7 Å². The summed E-state index contributed by atoms with van der Waals surface area (Å²) in [6.45, 7) is 0.0570. The van der Waals surface area contributed by atoms with Crippen molar-refractivity contribution in [3.05, 3.63) is 30.6 Å². The Hall–Kier alpha value is -0.520. The topological polar surface area (TPSA) is 109 Å². The van der Waals surface area contributed by atoms with Gasteiger partial charge in [0.2, 0.25) is 0 Å². The van der Waals surface area contributed by atoms with Crippen molar-refractivity contribution in [2.24, 2.45) is 0 Å². The number of fused-ring (bicyclic) bond motifs is 1. The van der Waals surface area contributed by atoms with Gasteiger partial charge in [0.25, 0.3) is 5.56 Å². The highest BCUT2D eigenvalue weighted by atomic mass is 127. The summed E-state index contributed by atoms with van der Waals surface area (Å²) >= 11 is 1.83. The van der Waals surface area contributed by atoms with Crippen molar-refractivity contribution in [1.82, 2.24) is 9.55 Å². The Kier molecular flexibility index (Phi) is 4.10. The van der Waals surface area contributed by atoms with Crippen molar-refractivity contribution < 1.29 is 22.9 Å². The average molecular weight is 430 g/mol. The van der Waals surface area contributed by atoms with Gasteiger partial charge in [-0.15, -0.1) is 0 Å². The van der Waals surface area contributed by atoms with Crippen LogP contribution >= 0.6 is 30.4 Å². The zero-order valence-electron chi connectivity index (χ0n) is 10.9. The van der Waals surface area contributed by atoms with Crippen molar-refractivity contribution in [2.75, 3.05) is 13.7 Å². The molecule has 0 amide bonds. The Balaban J connectivity index is 1.85. The van der Waals surface area contributed by atoms with Crippen LogP contribution in [-0.4, -0.2) is 35.5 Å². The summed E-state index contributed by atoms with van der Waals surface area (Å²) in [4.78, 5) is 25.4. The lowest BCUT2D eigenvalue weighted by atomic mass is 10.2. The molecule has 0 aromatic carbocycles. The summed E-state index contributed by atoms with van der Waals surface area (Å²) in [5.41, 5.74) is -1.02. The van der Waals surface area contributed by atoms with Gasteiger partial charge in [0.15, 0.2) is 0 Å². The maximum absolute atomic E-state index is 11.9. The number of ether oxygens (including phenoxy) is 1. The van der Waals surface area contributed by atoms with E-state index in [1.807, 2.05) is 22.6 Å². The second-order valence-corrected chi connectivity index (χ2v) is 7.47. The van der Waals surface area contributed by atoms with Crippen LogP contribution in [0.25, 0.3) is 0 Å². The first kappa shape index (κ1) is 15.4. The molecule has 9 nitrogen and oxygen atoms in total. The van der Waals surface area contributed by atoms with E-state index >= 15 is 0 Å². The molecule has 1 unspecified atom stereocenters. The molecule has 21 heavy (non-hydrogen) atoms. The lowest BCUT2D eigenvalue weighted by Crippen LogP contribution is -2.34. The first-order valence-electron chi connectivity index (χ1n) is 6.07. The first-order chi connectivity index (χ1) is 9.92. The van der Waals surface area contributed by atoms with Gasteiger partial charge in [-0.2, -0.15) is 0 Å². The molecule has 2 saturated heterocycles. The van der Waals surface area contributed by atoms with E-state index in [1.165, 1.54) is 17.9 Å². The number of phosphoric acid groups is 1. The summed E-state index contributed by atoms with van der Waals surface area (Å²) in [5.74, 6) is 0. The Bertz CT molecular complexity index is 716. The van der Waals surface area contributed by atoms with Crippen LogP contribution < -0.4 is 11.2 Å². The van der Waals surface area contributed by atoms with Crippen LogP contribution in [-0.2, 0) is 22.9 Å². The standard InChI is InChI=1S/C10H12IN2O7P/c1-17-21(16)18-4-7-6(20-21)2-8(19-7)13-3-5(11)9(14)12-10(13)15/h3,6-8H,2,4H2,1H3,(H,12,14,15)/t6-,7+,8+,21?/m0/s1. The second kappa shape index (κ2) is 5.60. The molecule has 2 aliphatic rings. The average Bonchev–Trinajstić information content (AvgIpc) is 2.85. The summed E-state index contributed by atoms with van der Waals surface area (Å²) in [7, 11) is -2.30. The molecule has 11 heteroatoms. The van der Waals surface area contributed by atoms with Crippen molar-refractivity contribution >= 4 is 30.4 Å². The smallest absolute Gasteiger partial charge is 0.349 e. The molecule has 0 saturated carbocycles. The van der Waals surface area contributed by atoms with Crippen LogP contribution in [0.3, 0.4) is 0 Å². The molecule has 2 fully saturated rings. The van der Waals surface area contributed by atoms with Crippen molar-refractivity contribution in [3.63, 3.8) is 0 Å². The third-order valence-electron chi connectivity index (χ3n) is 3.30. The van der Waals surface area contributed by atoms with Crippen LogP contribution in [0, 0.1) is 3.57 Å². The largest absolute Gasteiger partial charge is 0.474 e. The number of phosphoric ester groups is 1. The number of rotatable bonds is 2. The fourth-order valence-corrected chi connectivity index (χ4v) is 3.83. The molecule has 0 bridgehead atoms. The Morgan fingerprint density at radius 3 is 2.95 bits per heavy atom. The highest BCUT2D eigenvalue weighted by Crippen LogP contribution is 2.55. The van der Waals surface area contributed by atoms with Crippen LogP contribution in [0.15, 0.2) is 15.8 Å². The highest BCUT2D eigenvalue weighted by Gasteiger charge is 2.47. The Labute approximate surface area is 132 Å². The minimum atomic E-state index is -3.54. The van der Waals surface area contributed by atoms with Gasteiger partial charge in [-0.1, -0.05) is 0 Å². The summed E-state index contributed by atoms with van der Waals surface area (Å²) in [6.07, 6.45) is 0.170. The number of H-pyrrole nitrogens is 1. The normalized spacial score (nSPS) is 35.6. The van der Waals surface area contributed by atoms with E-state index in [2.05, 4.69) is 4.98 Å². The minimum absolute atomic E-state index is 0.0570. The molecule has 0 spiro atoms. The first-order valence-corrected chi connectivity index (χ1v) is 8.61. The van der Waals surface area contributed by atoms with E-state index in [1.54, 1.807) is 0 Å². The third kappa shape index (κ3) is 2.88. The van der Waals surface area contributed by atoms with Crippen molar-refractivity contribution in [1.29, 1.82) is 0 Å². The number of aromatic nitrogens is 2. The number of aromatic amines is 1. The summed E-state index contributed by atoms with van der Waals surface area (Å²) in [6, 6.07) is 0. The maximum Gasteiger partial charge on any atom is 0.474 e. The number of nitrogens with zero attached hydrogens (tertiary/aromatic N) is 1. The summed E-state index contributed by atoms with van der Waals surface area (Å²) in [5, 5.41) is 0. The molecular weight excluding hydrogens is 418 g/mol. The van der Waals surface area contributed by atoms with E-state index in [9.17, 15) is 14.2 Å². The molecule has 3 heterocycles. The van der Waals surface area contributed by atoms with Gasteiger partial charge in [-0.25, -0.2) is 9.36 Å². The SMILES string of the molecule is COP1(=O)OC[C@H]2O[C@@H](n3cc(I)c(=O)[nH]c3=O)C[C@@H]2O1. The van der Waals surface area contributed by atoms with Gasteiger partial charge in [0.05, 0.1) is 10.2 Å². The second-order valence-electron chi connectivity index (χ2n) is 4.58. The van der Waals surface area contributed by atoms with E-state index in [0.717, 1.165) is 0 Å². The molecular formula is C10H12IN2O7P. The Morgan fingerprint density at radius 1 is 1.48 bits per heavy atom. The fourth-order valence-electron chi connectivity index (χ4n) is 2.26. The quantitative estimate of drug-likeness (QED) is 0.541. The molecule has 1 N–H and O–H groups in total. The number of hydrogen-bond acceptors (Lipinski definition) is 7. The molecule has 1 aromatic heterocycles. The fraction of sp³-hybridized carbons (Fsp3) is 0.600. The molecule has 2 aliphatic heterocycles. The number of halogens is 1. The van der Waals surface area contributed by atoms with Crippen LogP contribution in [0.4, 0.5) is 0 Å². The molecule has 116 valence electrons.